The van der Waals surface area contributed by atoms with Crippen molar-refractivity contribution in [1.29, 1.82) is 0 Å². The molecule has 0 bridgehead atoms. The van der Waals surface area contributed by atoms with Gasteiger partial charge in [-0.15, -0.1) is 0 Å². The van der Waals surface area contributed by atoms with E-state index in [1.54, 1.807) is 25.4 Å². The summed E-state index contributed by atoms with van der Waals surface area (Å²) in [4.78, 5) is 6.41. The zero-order valence-electron chi connectivity index (χ0n) is 19.4. The lowest BCUT2D eigenvalue weighted by molar-refractivity contribution is 0.0167. The summed E-state index contributed by atoms with van der Waals surface area (Å²) < 4.78 is 13.1. The summed E-state index contributed by atoms with van der Waals surface area (Å²) in [7, 11) is 0. The largest absolute Gasteiger partial charge is 0.488 e. The Labute approximate surface area is 194 Å². The molecule has 0 spiro atoms. The Kier molecular flexibility index (Phi) is 9.07. The molecule has 1 atom stereocenters. The van der Waals surface area contributed by atoms with Crippen LogP contribution in [0.4, 0.5) is 0 Å². The predicted molar refractivity (Wildman–Crippen MR) is 125 cm³/mol. The monoisotopic (exact) mass is 452 g/mol. The Balaban J connectivity index is 0.00000149. The van der Waals surface area contributed by atoms with E-state index in [0.29, 0.717) is 23.8 Å². The smallest absolute Gasteiger partial charge is 0.157 e. The van der Waals surface area contributed by atoms with Crippen molar-refractivity contribution in [3.63, 3.8) is 0 Å². The van der Waals surface area contributed by atoms with Gasteiger partial charge < -0.3 is 24.0 Å². The second-order valence-corrected chi connectivity index (χ2v) is 7.62. The van der Waals surface area contributed by atoms with Crippen LogP contribution in [0.25, 0.3) is 0 Å². The molecule has 1 fully saturated rings. The SMILES string of the molecule is CC.C[C@H](O)c1nccn1Cc1cc(C#Cc2ccc(OC3CN(CCCO)C3)cc2)no1. The molecule has 1 aliphatic rings. The maximum absolute atomic E-state index is 9.74. The number of rotatable bonds is 8. The highest BCUT2D eigenvalue weighted by Gasteiger charge is 2.27. The van der Waals surface area contributed by atoms with E-state index < -0.39 is 6.10 Å². The fraction of sp³-hybridized carbons (Fsp3) is 0.440. The van der Waals surface area contributed by atoms with Crippen LogP contribution in [-0.4, -0.2) is 62.2 Å². The van der Waals surface area contributed by atoms with Gasteiger partial charge in [0.2, 0.25) is 0 Å². The van der Waals surface area contributed by atoms with Crippen molar-refractivity contribution in [2.24, 2.45) is 0 Å². The molecule has 3 heterocycles. The number of aromatic nitrogens is 3. The predicted octanol–water partition coefficient (Wildman–Crippen LogP) is 2.84. The minimum atomic E-state index is -0.654. The van der Waals surface area contributed by atoms with Gasteiger partial charge in [0.1, 0.15) is 23.8 Å². The fourth-order valence-corrected chi connectivity index (χ4v) is 3.46. The van der Waals surface area contributed by atoms with E-state index in [1.165, 1.54) is 0 Å². The van der Waals surface area contributed by atoms with Gasteiger partial charge in [0.15, 0.2) is 11.5 Å². The zero-order valence-corrected chi connectivity index (χ0v) is 19.4. The van der Waals surface area contributed by atoms with Gasteiger partial charge in [0.25, 0.3) is 0 Å². The van der Waals surface area contributed by atoms with E-state index >= 15 is 0 Å². The third-order valence-corrected chi connectivity index (χ3v) is 5.05. The number of benzene rings is 1. The summed E-state index contributed by atoms with van der Waals surface area (Å²) in [5.41, 5.74) is 1.41. The van der Waals surface area contributed by atoms with Gasteiger partial charge >= 0.3 is 0 Å². The van der Waals surface area contributed by atoms with Crippen LogP contribution < -0.4 is 4.74 Å². The maximum Gasteiger partial charge on any atom is 0.157 e. The third kappa shape index (κ3) is 6.93. The first-order chi connectivity index (χ1) is 16.1. The highest BCUT2D eigenvalue weighted by molar-refractivity contribution is 5.42. The summed E-state index contributed by atoms with van der Waals surface area (Å²) in [6.45, 7) is 9.04. The van der Waals surface area contributed by atoms with Crippen molar-refractivity contribution in [1.82, 2.24) is 19.6 Å². The van der Waals surface area contributed by atoms with Gasteiger partial charge in [0.05, 0.1) is 6.54 Å². The average molecular weight is 453 g/mol. The first kappa shape index (κ1) is 24.5. The molecule has 0 unspecified atom stereocenters. The molecule has 3 aromatic rings. The first-order valence-corrected chi connectivity index (χ1v) is 11.4. The lowest BCUT2D eigenvalue weighted by Gasteiger charge is -2.38. The zero-order chi connectivity index (χ0) is 23.6. The second-order valence-electron chi connectivity index (χ2n) is 7.62. The molecular formula is C25H32N4O4. The van der Waals surface area contributed by atoms with Crippen molar-refractivity contribution >= 4 is 0 Å². The third-order valence-electron chi connectivity index (χ3n) is 5.05. The van der Waals surface area contributed by atoms with Crippen LogP contribution in [0.15, 0.2) is 47.2 Å². The van der Waals surface area contributed by atoms with Gasteiger partial charge in [-0.05, 0) is 43.5 Å². The number of likely N-dealkylation sites (tertiary alicyclic amines) is 1. The standard InChI is InChI=1S/C23H26N4O4.C2H6/c1-17(29)23-24-9-11-27(23)16-21-13-19(25-31-21)6-3-18-4-7-20(8-5-18)30-22-14-26(15-22)10-2-12-28;1-2/h4-5,7-9,11,13,17,22,28-29H,2,10,12,14-16H2,1H3;1-2H3/t17-;/m0./s1. The molecule has 2 aromatic heterocycles. The molecule has 0 saturated carbocycles. The number of ether oxygens (including phenoxy) is 1. The fourth-order valence-electron chi connectivity index (χ4n) is 3.46. The van der Waals surface area contributed by atoms with Gasteiger partial charge in [-0.2, -0.15) is 0 Å². The maximum atomic E-state index is 9.74. The second kappa shape index (κ2) is 12.2. The summed E-state index contributed by atoms with van der Waals surface area (Å²) in [5, 5.41) is 22.6. The van der Waals surface area contributed by atoms with Crippen molar-refractivity contribution < 1.29 is 19.5 Å². The average Bonchev–Trinajstić information content (AvgIpc) is 3.46. The highest BCUT2D eigenvalue weighted by Crippen LogP contribution is 2.19. The van der Waals surface area contributed by atoms with Crippen LogP contribution >= 0.6 is 0 Å². The number of hydrogen-bond acceptors (Lipinski definition) is 7. The molecule has 1 aliphatic heterocycles. The topological polar surface area (TPSA) is 96.8 Å². The van der Waals surface area contributed by atoms with E-state index in [1.807, 2.05) is 42.7 Å². The molecule has 0 radical (unpaired) electrons. The summed E-state index contributed by atoms with van der Waals surface area (Å²) in [6.07, 6.45) is 3.79. The van der Waals surface area contributed by atoms with Crippen LogP contribution in [0.1, 0.15) is 56.1 Å². The van der Waals surface area contributed by atoms with E-state index in [4.69, 9.17) is 14.4 Å². The van der Waals surface area contributed by atoms with Crippen LogP contribution in [0.3, 0.4) is 0 Å². The summed E-state index contributed by atoms with van der Waals surface area (Å²) in [6, 6.07) is 9.48. The Morgan fingerprint density at radius 2 is 1.97 bits per heavy atom. The Bertz CT molecular complexity index is 1040. The van der Waals surface area contributed by atoms with E-state index in [-0.39, 0.29) is 12.7 Å². The van der Waals surface area contributed by atoms with Crippen molar-refractivity contribution in [2.75, 3.05) is 26.2 Å². The molecule has 0 amide bonds. The molecule has 1 aromatic carbocycles. The number of nitrogens with zero attached hydrogens (tertiary/aromatic N) is 4. The molecule has 33 heavy (non-hydrogen) atoms. The molecule has 176 valence electrons. The Morgan fingerprint density at radius 3 is 2.67 bits per heavy atom. The summed E-state index contributed by atoms with van der Waals surface area (Å²) >= 11 is 0. The van der Waals surface area contributed by atoms with E-state index in [2.05, 4.69) is 26.9 Å². The molecule has 8 heteroatoms. The van der Waals surface area contributed by atoms with Gasteiger partial charge in [0, 0.05) is 50.3 Å². The van der Waals surface area contributed by atoms with Gasteiger partial charge in [-0.3, -0.25) is 4.90 Å². The van der Waals surface area contributed by atoms with Gasteiger partial charge in [-0.1, -0.05) is 24.9 Å². The van der Waals surface area contributed by atoms with E-state index in [9.17, 15) is 5.11 Å². The normalized spacial score (nSPS) is 14.5. The number of imidazole rings is 1. The number of aliphatic hydroxyl groups excluding tert-OH is 2. The highest BCUT2D eigenvalue weighted by atomic mass is 16.5. The molecule has 8 nitrogen and oxygen atoms in total. The molecule has 0 aliphatic carbocycles. The minimum Gasteiger partial charge on any atom is -0.488 e. The Morgan fingerprint density at radius 1 is 1.21 bits per heavy atom. The lowest BCUT2D eigenvalue weighted by atomic mass is 10.1. The van der Waals surface area contributed by atoms with Crippen LogP contribution in [0.2, 0.25) is 0 Å². The molecular weight excluding hydrogens is 420 g/mol. The quantitative estimate of drug-likeness (QED) is 0.507. The van der Waals surface area contributed by atoms with Crippen molar-refractivity contribution in [2.45, 2.75) is 45.9 Å². The van der Waals surface area contributed by atoms with Crippen molar-refractivity contribution in [3.8, 4) is 17.6 Å². The Hall–Kier alpha value is -3.12. The lowest BCUT2D eigenvalue weighted by Crippen LogP contribution is -2.53. The van der Waals surface area contributed by atoms with Crippen LogP contribution in [0.5, 0.6) is 5.75 Å². The number of aliphatic hydroxyl groups is 2. The van der Waals surface area contributed by atoms with Crippen LogP contribution in [0, 0.1) is 11.8 Å². The van der Waals surface area contributed by atoms with E-state index in [0.717, 1.165) is 37.4 Å². The molecule has 1 saturated heterocycles. The number of hydrogen-bond donors (Lipinski definition) is 2. The van der Waals surface area contributed by atoms with Gasteiger partial charge in [-0.25, -0.2) is 4.98 Å². The summed E-state index contributed by atoms with van der Waals surface area (Å²) in [5.74, 6) is 8.14. The minimum absolute atomic E-state index is 0.203. The molecule has 4 rings (SSSR count). The van der Waals surface area contributed by atoms with Crippen molar-refractivity contribution in [3.05, 3.63) is 65.6 Å². The molecule has 2 N–H and O–H groups in total. The van der Waals surface area contributed by atoms with Crippen LogP contribution in [-0.2, 0) is 6.54 Å². The first-order valence-electron chi connectivity index (χ1n) is 11.4.